The van der Waals surface area contributed by atoms with Gasteiger partial charge in [-0.1, -0.05) is 25.1 Å². The van der Waals surface area contributed by atoms with Crippen molar-refractivity contribution in [3.63, 3.8) is 0 Å². The quantitative estimate of drug-likeness (QED) is 0.666. The summed E-state index contributed by atoms with van der Waals surface area (Å²) in [5.41, 5.74) is 2.23. The first-order valence-electron chi connectivity index (χ1n) is 10.0. The summed E-state index contributed by atoms with van der Waals surface area (Å²) < 4.78 is 0. The Bertz CT molecular complexity index is 1010. The number of nitrogens with zero attached hydrogens (tertiary/aromatic N) is 4. The van der Waals surface area contributed by atoms with Crippen molar-refractivity contribution in [2.45, 2.75) is 26.2 Å². The van der Waals surface area contributed by atoms with Crippen LogP contribution in [0.5, 0.6) is 0 Å². The van der Waals surface area contributed by atoms with Crippen LogP contribution in [-0.4, -0.2) is 47.0 Å². The summed E-state index contributed by atoms with van der Waals surface area (Å²) in [4.78, 5) is 28.9. The Morgan fingerprint density at radius 1 is 1.11 bits per heavy atom. The van der Waals surface area contributed by atoms with E-state index in [1.54, 1.807) is 6.33 Å². The van der Waals surface area contributed by atoms with Crippen LogP contribution in [0.1, 0.15) is 34.1 Å². The number of anilines is 1. The van der Waals surface area contributed by atoms with Gasteiger partial charge in [0.05, 0.1) is 5.39 Å². The number of hydrogen-bond donors (Lipinski definition) is 0. The Morgan fingerprint density at radius 3 is 2.68 bits per heavy atom. The van der Waals surface area contributed by atoms with Crippen LogP contribution >= 0.6 is 11.3 Å². The van der Waals surface area contributed by atoms with Gasteiger partial charge in [0.1, 0.15) is 17.0 Å². The minimum atomic E-state index is 0.120. The molecule has 1 saturated heterocycles. The zero-order valence-corrected chi connectivity index (χ0v) is 16.9. The van der Waals surface area contributed by atoms with Crippen LogP contribution in [0.3, 0.4) is 0 Å². The van der Waals surface area contributed by atoms with Gasteiger partial charge in [-0.15, -0.1) is 11.3 Å². The highest BCUT2D eigenvalue weighted by atomic mass is 32.1. The monoisotopic (exact) mass is 392 g/mol. The molecule has 1 atom stereocenters. The third-order valence-electron chi connectivity index (χ3n) is 5.96. The van der Waals surface area contributed by atoms with E-state index in [4.69, 9.17) is 0 Å². The van der Waals surface area contributed by atoms with Gasteiger partial charge in [-0.05, 0) is 42.9 Å². The zero-order valence-electron chi connectivity index (χ0n) is 16.1. The second kappa shape index (κ2) is 7.17. The van der Waals surface area contributed by atoms with Gasteiger partial charge in [0.15, 0.2) is 0 Å². The fourth-order valence-electron chi connectivity index (χ4n) is 4.38. The SMILES string of the molecule is C[C@H]1CCc2c(sc3ncnc(N4CCN(C(=O)c5ccccc5)CC4)c23)C1. The van der Waals surface area contributed by atoms with Crippen LogP contribution in [0, 0.1) is 5.92 Å². The molecule has 5 rings (SSSR count). The second-order valence-corrected chi connectivity index (χ2v) is 8.96. The number of rotatable bonds is 2. The number of aryl methyl sites for hydroxylation is 1. The van der Waals surface area contributed by atoms with Crippen molar-refractivity contribution in [1.82, 2.24) is 14.9 Å². The molecule has 1 fully saturated rings. The van der Waals surface area contributed by atoms with E-state index in [1.165, 1.54) is 22.2 Å². The molecule has 144 valence electrons. The number of carbonyl (C=O) groups is 1. The number of aromatic nitrogens is 2. The number of piperazine rings is 1. The molecule has 2 aromatic heterocycles. The molecular weight excluding hydrogens is 368 g/mol. The Morgan fingerprint density at radius 2 is 1.89 bits per heavy atom. The highest BCUT2D eigenvalue weighted by molar-refractivity contribution is 7.19. The van der Waals surface area contributed by atoms with Gasteiger partial charge < -0.3 is 9.80 Å². The number of carbonyl (C=O) groups excluding carboxylic acids is 1. The first kappa shape index (κ1) is 17.6. The molecule has 1 amide bonds. The lowest BCUT2D eigenvalue weighted by molar-refractivity contribution is 0.0746. The molecule has 1 aliphatic heterocycles. The molecule has 0 N–H and O–H groups in total. The normalized spacial score (nSPS) is 19.7. The van der Waals surface area contributed by atoms with Gasteiger partial charge >= 0.3 is 0 Å². The molecular formula is C22H24N4OS. The van der Waals surface area contributed by atoms with Gasteiger partial charge in [-0.3, -0.25) is 4.79 Å². The van der Waals surface area contributed by atoms with Crippen molar-refractivity contribution in [3.05, 3.63) is 52.7 Å². The Labute approximate surface area is 169 Å². The van der Waals surface area contributed by atoms with Crippen molar-refractivity contribution in [2.24, 2.45) is 5.92 Å². The van der Waals surface area contributed by atoms with Gasteiger partial charge in [-0.25, -0.2) is 9.97 Å². The number of amides is 1. The van der Waals surface area contributed by atoms with E-state index in [0.717, 1.165) is 61.2 Å². The topological polar surface area (TPSA) is 49.3 Å². The Kier molecular flexibility index (Phi) is 4.51. The highest BCUT2D eigenvalue weighted by Crippen LogP contribution is 2.40. The summed E-state index contributed by atoms with van der Waals surface area (Å²) >= 11 is 1.84. The largest absolute Gasteiger partial charge is 0.352 e. The molecule has 1 aromatic carbocycles. The molecule has 0 saturated carbocycles. The van der Waals surface area contributed by atoms with Gasteiger partial charge in [0.2, 0.25) is 0 Å². The van der Waals surface area contributed by atoms with E-state index in [2.05, 4.69) is 21.8 Å². The van der Waals surface area contributed by atoms with Crippen LogP contribution < -0.4 is 4.90 Å². The third kappa shape index (κ3) is 3.05. The van der Waals surface area contributed by atoms with Crippen molar-refractivity contribution in [2.75, 3.05) is 31.1 Å². The second-order valence-electron chi connectivity index (χ2n) is 7.87. The van der Waals surface area contributed by atoms with Gasteiger partial charge in [-0.2, -0.15) is 0 Å². The summed E-state index contributed by atoms with van der Waals surface area (Å²) in [6.45, 7) is 5.41. The van der Waals surface area contributed by atoms with Crippen molar-refractivity contribution >= 4 is 33.3 Å². The van der Waals surface area contributed by atoms with Crippen LogP contribution in [0.15, 0.2) is 36.7 Å². The van der Waals surface area contributed by atoms with E-state index in [1.807, 2.05) is 46.6 Å². The van der Waals surface area contributed by atoms with E-state index >= 15 is 0 Å². The smallest absolute Gasteiger partial charge is 0.253 e. The maximum absolute atomic E-state index is 12.7. The number of hydrogen-bond acceptors (Lipinski definition) is 5. The van der Waals surface area contributed by atoms with E-state index in [-0.39, 0.29) is 5.91 Å². The van der Waals surface area contributed by atoms with Crippen molar-refractivity contribution in [3.8, 4) is 0 Å². The van der Waals surface area contributed by atoms with Gasteiger partial charge in [0.25, 0.3) is 5.91 Å². The molecule has 6 heteroatoms. The fraction of sp³-hybridized carbons (Fsp3) is 0.409. The third-order valence-corrected chi connectivity index (χ3v) is 7.12. The molecule has 28 heavy (non-hydrogen) atoms. The number of benzene rings is 1. The van der Waals surface area contributed by atoms with Crippen LogP contribution in [0.2, 0.25) is 0 Å². The molecule has 2 aliphatic rings. The molecule has 0 unspecified atom stereocenters. The molecule has 5 nitrogen and oxygen atoms in total. The lowest BCUT2D eigenvalue weighted by Crippen LogP contribution is -2.49. The van der Waals surface area contributed by atoms with Crippen LogP contribution in [0.4, 0.5) is 5.82 Å². The zero-order chi connectivity index (χ0) is 19.1. The predicted octanol–water partition coefficient (Wildman–Crippen LogP) is 3.78. The standard InChI is InChI=1S/C22H24N4OS/c1-15-7-8-17-18(13-15)28-21-19(17)20(23-14-24-21)25-9-11-26(12-10-25)22(27)16-5-3-2-4-6-16/h2-6,14-15H,7-13H2,1H3/t15-/m0/s1. The summed E-state index contributed by atoms with van der Waals surface area (Å²) in [7, 11) is 0. The van der Waals surface area contributed by atoms with Crippen molar-refractivity contribution < 1.29 is 4.79 Å². The minimum absolute atomic E-state index is 0.120. The molecule has 0 radical (unpaired) electrons. The van der Waals surface area contributed by atoms with E-state index in [0.29, 0.717) is 0 Å². The predicted molar refractivity (Wildman–Crippen MR) is 113 cm³/mol. The summed E-state index contributed by atoms with van der Waals surface area (Å²) in [5, 5.41) is 1.26. The first-order valence-corrected chi connectivity index (χ1v) is 10.9. The van der Waals surface area contributed by atoms with E-state index < -0.39 is 0 Å². The molecule has 3 aromatic rings. The fourth-order valence-corrected chi connectivity index (χ4v) is 5.73. The summed E-state index contributed by atoms with van der Waals surface area (Å²) in [6.07, 6.45) is 5.23. The van der Waals surface area contributed by atoms with E-state index in [9.17, 15) is 4.79 Å². The van der Waals surface area contributed by atoms with Crippen LogP contribution in [0.25, 0.3) is 10.2 Å². The maximum Gasteiger partial charge on any atom is 0.253 e. The average molecular weight is 393 g/mol. The minimum Gasteiger partial charge on any atom is -0.352 e. The summed E-state index contributed by atoms with van der Waals surface area (Å²) in [5.74, 6) is 1.93. The average Bonchev–Trinajstić information content (AvgIpc) is 3.11. The number of thiophene rings is 1. The number of fused-ring (bicyclic) bond motifs is 3. The molecule has 1 aliphatic carbocycles. The molecule has 3 heterocycles. The Balaban J connectivity index is 1.38. The highest BCUT2D eigenvalue weighted by Gasteiger charge is 2.27. The first-order chi connectivity index (χ1) is 13.7. The Hall–Kier alpha value is -2.47. The molecule has 0 spiro atoms. The van der Waals surface area contributed by atoms with Crippen molar-refractivity contribution in [1.29, 1.82) is 0 Å². The maximum atomic E-state index is 12.7. The van der Waals surface area contributed by atoms with Gasteiger partial charge in [0, 0.05) is 36.6 Å². The molecule has 0 bridgehead atoms. The summed E-state index contributed by atoms with van der Waals surface area (Å²) in [6, 6.07) is 9.56. The van der Waals surface area contributed by atoms with Crippen LogP contribution in [-0.2, 0) is 12.8 Å². The lowest BCUT2D eigenvalue weighted by Gasteiger charge is -2.36. The lowest BCUT2D eigenvalue weighted by atomic mass is 9.89.